The van der Waals surface area contributed by atoms with Crippen molar-refractivity contribution in [2.45, 2.75) is 111 Å². The van der Waals surface area contributed by atoms with Gasteiger partial charge in [-0.3, -0.25) is 34.0 Å². The normalized spacial score (nSPS) is 21.9. The van der Waals surface area contributed by atoms with E-state index in [9.17, 15) is 29.1 Å². The van der Waals surface area contributed by atoms with Gasteiger partial charge in [0.2, 0.25) is 17.7 Å². The molecular formula is C52H68N8O8. The highest BCUT2D eigenvalue weighted by Gasteiger charge is 2.58. The number of rotatable bonds is 10. The molecule has 4 aliphatic rings. The Morgan fingerprint density at radius 2 is 1.81 bits per heavy atom. The van der Waals surface area contributed by atoms with Crippen molar-refractivity contribution in [3.63, 3.8) is 0 Å². The van der Waals surface area contributed by atoms with Crippen molar-refractivity contribution in [1.82, 2.24) is 35.1 Å². The van der Waals surface area contributed by atoms with Gasteiger partial charge in [-0.2, -0.15) is 0 Å². The van der Waals surface area contributed by atoms with E-state index >= 15 is 0 Å². The number of fused-ring (bicyclic) bond motifs is 6. The number of esters is 1. The smallest absolute Gasteiger partial charge is 0.324 e. The van der Waals surface area contributed by atoms with Crippen LogP contribution in [0.15, 0.2) is 54.7 Å². The maximum absolute atomic E-state index is 14.8. The zero-order valence-corrected chi connectivity index (χ0v) is 40.8. The van der Waals surface area contributed by atoms with Gasteiger partial charge in [-0.25, -0.2) is 5.43 Å². The Bertz CT molecular complexity index is 2600. The summed E-state index contributed by atoms with van der Waals surface area (Å²) >= 11 is 0. The highest BCUT2D eigenvalue weighted by Crippen LogP contribution is 2.44. The number of amides is 4. The Morgan fingerprint density at radius 1 is 1.04 bits per heavy atom. The van der Waals surface area contributed by atoms with Crippen LogP contribution in [0.1, 0.15) is 90.7 Å². The van der Waals surface area contributed by atoms with Crippen LogP contribution in [-0.2, 0) is 52.8 Å². The highest BCUT2D eigenvalue weighted by atomic mass is 16.5. The quantitative estimate of drug-likeness (QED) is 0.154. The second-order valence-corrected chi connectivity index (χ2v) is 20.6. The van der Waals surface area contributed by atoms with Crippen LogP contribution in [-0.4, -0.2) is 124 Å². The molecule has 0 radical (unpaired) electrons. The van der Waals surface area contributed by atoms with Gasteiger partial charge in [-0.15, -0.1) is 0 Å². The van der Waals surface area contributed by atoms with Crippen LogP contribution < -0.4 is 16.5 Å². The number of pyridine rings is 1. The van der Waals surface area contributed by atoms with Gasteiger partial charge in [0.15, 0.2) is 0 Å². The number of nitrogens with one attached hydrogen (secondary N) is 2. The van der Waals surface area contributed by atoms with Crippen molar-refractivity contribution < 1.29 is 38.6 Å². The molecular weight excluding hydrogens is 865 g/mol. The zero-order chi connectivity index (χ0) is 48.8. The summed E-state index contributed by atoms with van der Waals surface area (Å²) in [7, 11) is 1.67. The Morgan fingerprint density at radius 3 is 2.51 bits per heavy atom. The number of carbonyl (C=O) groups is 5. The van der Waals surface area contributed by atoms with Crippen molar-refractivity contribution in [2.24, 2.45) is 28.4 Å². The molecule has 4 aliphatic heterocycles. The third kappa shape index (κ3) is 9.21. The van der Waals surface area contributed by atoms with Gasteiger partial charge in [-0.05, 0) is 104 Å². The molecule has 68 heavy (non-hydrogen) atoms. The van der Waals surface area contributed by atoms with Crippen LogP contribution in [0.25, 0.3) is 33.3 Å². The number of phenolic OH excluding ortho intramolecular Hbond substituents is 1. The number of methoxy groups -OCH3 is 1. The van der Waals surface area contributed by atoms with Gasteiger partial charge in [0.05, 0.1) is 29.5 Å². The SMILES string of the molecule is CCn1c(-c2cccnc2[C@H](C)OC)c2c3cc(ccc31)-c1cc(O)cc(c1)C[C@H](NC(=O)[C@H](C(C)C)N1CCC3(CN(C(=O)[C@H](C)CN)C3)C1=O)C(=O)N1CCC[C@H](N1)C(=O)OCC(C)(C)C2. The predicted molar refractivity (Wildman–Crippen MR) is 258 cm³/mol. The maximum Gasteiger partial charge on any atom is 0.324 e. The van der Waals surface area contributed by atoms with E-state index in [4.69, 9.17) is 20.2 Å². The summed E-state index contributed by atoms with van der Waals surface area (Å²) in [6.07, 6.45) is 3.48. The van der Waals surface area contributed by atoms with E-state index in [1.54, 1.807) is 42.2 Å². The highest BCUT2D eigenvalue weighted by molar-refractivity contribution is 5.97. The molecule has 16 heteroatoms. The molecule has 2 aromatic carbocycles. The minimum Gasteiger partial charge on any atom is -0.508 e. The lowest BCUT2D eigenvalue weighted by atomic mass is 9.77. The van der Waals surface area contributed by atoms with Crippen LogP contribution >= 0.6 is 0 Å². The number of benzene rings is 2. The minimum atomic E-state index is -1.15. The lowest BCUT2D eigenvalue weighted by Crippen LogP contribution is -2.64. The lowest BCUT2D eigenvalue weighted by molar-refractivity contribution is -0.159. The van der Waals surface area contributed by atoms with E-state index in [1.165, 1.54) is 5.01 Å². The van der Waals surface area contributed by atoms with Gasteiger partial charge >= 0.3 is 5.97 Å². The third-order valence-electron chi connectivity index (χ3n) is 14.5. The van der Waals surface area contributed by atoms with E-state index in [-0.39, 0.29) is 74.7 Å². The fourth-order valence-electron chi connectivity index (χ4n) is 10.8. The average molecular weight is 933 g/mol. The first-order chi connectivity index (χ1) is 32.4. The van der Waals surface area contributed by atoms with Gasteiger partial charge in [-0.1, -0.05) is 46.8 Å². The summed E-state index contributed by atoms with van der Waals surface area (Å²) in [6, 6.07) is 12.6. The summed E-state index contributed by atoms with van der Waals surface area (Å²) in [6.45, 7) is 15.9. The standard InChI is InChI=1S/C52H68N8O8/c1-9-58-42-15-14-34-24-38(42)39(45(58)37-12-10-17-54-43(37)32(5)67-8)25-51(6,7)29-68-49(65)40-13-11-18-60(56-40)48(64)41(22-33-20-35(34)23-36(61)21-33)55-46(62)44(30(2)3)59-19-16-52(50(59)66)27-57(28-52)47(63)31(4)26-53/h10,12,14-15,17,20-21,23-24,30-32,40-41,44,56,61H,9,11,13,16,18-19,22,25-29,53H2,1-8H3,(H,55,62)/t31-,32+,40+,41+,44+/m1/s1. The number of carbonyl (C=O) groups excluding carboxylic acids is 5. The number of aromatic nitrogens is 2. The molecule has 0 saturated carbocycles. The first-order valence-electron chi connectivity index (χ1n) is 24.2. The number of aryl methyl sites for hydroxylation is 1. The molecule has 4 amide bonds. The van der Waals surface area contributed by atoms with Crippen LogP contribution in [0.5, 0.6) is 5.75 Å². The van der Waals surface area contributed by atoms with Crippen molar-refractivity contribution >= 4 is 40.5 Å². The molecule has 6 heterocycles. The summed E-state index contributed by atoms with van der Waals surface area (Å²) in [5, 5.41) is 16.8. The van der Waals surface area contributed by atoms with Gasteiger partial charge in [0.1, 0.15) is 23.9 Å². The fourth-order valence-corrected chi connectivity index (χ4v) is 10.8. The lowest BCUT2D eigenvalue weighted by Gasteiger charge is -2.47. The number of likely N-dealkylation sites (tertiary alicyclic amines) is 2. The van der Waals surface area contributed by atoms with Crippen molar-refractivity contribution in [1.29, 1.82) is 0 Å². The number of hydrogen-bond donors (Lipinski definition) is 4. The second-order valence-electron chi connectivity index (χ2n) is 20.6. The Labute approximate surface area is 398 Å². The number of hydrogen-bond acceptors (Lipinski definition) is 11. The number of nitrogens with two attached hydrogens (primary N) is 1. The second kappa shape index (κ2) is 19.3. The molecule has 3 saturated heterocycles. The molecule has 5 atom stereocenters. The van der Waals surface area contributed by atoms with Gasteiger partial charge in [0, 0.05) is 86.8 Å². The van der Waals surface area contributed by atoms with Crippen molar-refractivity contribution in [3.8, 4) is 28.1 Å². The first kappa shape index (κ1) is 48.6. The van der Waals surface area contributed by atoms with Gasteiger partial charge < -0.3 is 40.0 Å². The Kier molecular flexibility index (Phi) is 13.8. The average Bonchev–Trinajstić information content (AvgIpc) is 3.81. The van der Waals surface area contributed by atoms with Crippen LogP contribution in [0.2, 0.25) is 0 Å². The number of phenols is 1. The zero-order valence-electron chi connectivity index (χ0n) is 40.8. The number of cyclic esters (lactones) is 1. The van der Waals surface area contributed by atoms with Crippen molar-refractivity contribution in [2.75, 3.05) is 46.4 Å². The molecule has 364 valence electrons. The van der Waals surface area contributed by atoms with E-state index in [0.29, 0.717) is 44.3 Å². The van der Waals surface area contributed by atoms with Crippen LogP contribution in [0, 0.1) is 22.7 Å². The monoisotopic (exact) mass is 933 g/mol. The summed E-state index contributed by atoms with van der Waals surface area (Å²) in [4.78, 5) is 78.6. The summed E-state index contributed by atoms with van der Waals surface area (Å²) in [5.74, 6) is -2.38. The third-order valence-corrected chi connectivity index (χ3v) is 14.5. The van der Waals surface area contributed by atoms with E-state index in [0.717, 1.165) is 44.5 Å². The van der Waals surface area contributed by atoms with E-state index in [1.807, 2.05) is 39.0 Å². The number of ether oxygens (including phenoxy) is 2. The number of hydrazine groups is 1. The summed E-state index contributed by atoms with van der Waals surface area (Å²) in [5.41, 5.74) is 14.6. The van der Waals surface area contributed by atoms with Crippen molar-refractivity contribution in [3.05, 3.63) is 71.5 Å². The maximum atomic E-state index is 14.8. The van der Waals surface area contributed by atoms with E-state index in [2.05, 4.69) is 54.3 Å². The molecule has 6 bridgehead atoms. The molecule has 5 N–H and O–H groups in total. The summed E-state index contributed by atoms with van der Waals surface area (Å²) < 4.78 is 14.2. The van der Waals surface area contributed by atoms with Crippen LogP contribution in [0.4, 0.5) is 0 Å². The number of aromatic hydroxyl groups is 1. The number of nitrogens with zero attached hydrogens (tertiary/aromatic N) is 5. The molecule has 1 spiro atoms. The predicted octanol–water partition coefficient (Wildman–Crippen LogP) is 5.13. The topological polar surface area (TPSA) is 202 Å². The Balaban J connectivity index is 1.18. The van der Waals surface area contributed by atoms with Crippen LogP contribution in [0.3, 0.4) is 0 Å². The molecule has 2 aromatic heterocycles. The molecule has 3 fully saturated rings. The largest absolute Gasteiger partial charge is 0.508 e. The minimum absolute atomic E-state index is 0.00211. The van der Waals surface area contributed by atoms with E-state index < -0.39 is 46.7 Å². The molecule has 0 aliphatic carbocycles. The Hall–Kier alpha value is -5.84. The molecule has 4 aromatic rings. The fraction of sp³-hybridized carbons (Fsp3) is 0.538. The molecule has 16 nitrogen and oxygen atoms in total. The molecule has 0 unspecified atom stereocenters. The van der Waals surface area contributed by atoms with Gasteiger partial charge in [0.25, 0.3) is 5.91 Å². The molecule has 8 rings (SSSR count). The first-order valence-corrected chi connectivity index (χ1v) is 24.2.